The van der Waals surface area contributed by atoms with Crippen LogP contribution in [-0.4, -0.2) is 34.4 Å². The van der Waals surface area contributed by atoms with Crippen LogP contribution in [0.3, 0.4) is 0 Å². The van der Waals surface area contributed by atoms with Crippen LogP contribution >= 0.6 is 15.9 Å². The molecule has 0 aliphatic carbocycles. The lowest BCUT2D eigenvalue weighted by molar-refractivity contribution is 0.354. The maximum absolute atomic E-state index is 5.31. The minimum atomic E-state index is 0.574. The minimum absolute atomic E-state index is 0.574. The quantitative estimate of drug-likeness (QED) is 0.822. The number of methoxy groups -OCH3 is 2. The summed E-state index contributed by atoms with van der Waals surface area (Å²) < 4.78 is 13.3. The average Bonchev–Trinajstić information content (AvgIpc) is 2.93. The zero-order valence-corrected chi connectivity index (χ0v) is 13.8. The van der Waals surface area contributed by atoms with E-state index in [1.165, 1.54) is 0 Å². The second-order valence-corrected chi connectivity index (χ2v) is 5.23. The highest BCUT2D eigenvalue weighted by atomic mass is 79.9. The van der Waals surface area contributed by atoms with Crippen LogP contribution in [0, 0.1) is 0 Å². The summed E-state index contributed by atoms with van der Waals surface area (Å²) in [4.78, 5) is 0. The van der Waals surface area contributed by atoms with Crippen LogP contribution in [-0.2, 0) is 13.1 Å². The first-order chi connectivity index (χ1) is 10.2. The van der Waals surface area contributed by atoms with Gasteiger partial charge < -0.3 is 14.8 Å². The maximum Gasteiger partial charge on any atom is 0.243 e. The molecule has 1 aromatic carbocycles. The van der Waals surface area contributed by atoms with Crippen molar-refractivity contribution < 1.29 is 9.47 Å². The Labute approximate surface area is 131 Å². The number of nitrogens with one attached hydrogen (secondary N) is 1. The normalized spacial score (nSPS) is 10.5. The Bertz CT molecular complexity index is 602. The molecule has 21 heavy (non-hydrogen) atoms. The monoisotopic (exact) mass is 355 g/mol. The summed E-state index contributed by atoms with van der Waals surface area (Å²) in [5.74, 6) is 2.02. The van der Waals surface area contributed by atoms with E-state index in [9.17, 15) is 0 Å². The number of hydrogen-bond acceptors (Lipinski definition) is 6. The van der Waals surface area contributed by atoms with Gasteiger partial charge in [0.2, 0.25) is 5.95 Å². The Morgan fingerprint density at radius 2 is 1.95 bits per heavy atom. The smallest absolute Gasteiger partial charge is 0.243 e. The zero-order valence-electron chi connectivity index (χ0n) is 12.3. The third kappa shape index (κ3) is 3.63. The van der Waals surface area contributed by atoms with Crippen molar-refractivity contribution in [2.45, 2.75) is 26.4 Å². The summed E-state index contributed by atoms with van der Waals surface area (Å²) in [5, 5.41) is 14.8. The molecule has 0 fully saturated rings. The average molecular weight is 356 g/mol. The van der Waals surface area contributed by atoms with Gasteiger partial charge in [-0.25, -0.2) is 4.68 Å². The molecule has 0 amide bonds. The van der Waals surface area contributed by atoms with E-state index >= 15 is 0 Å². The van der Waals surface area contributed by atoms with Gasteiger partial charge in [-0.05, 0) is 34.5 Å². The molecule has 1 N–H and O–H groups in total. The van der Waals surface area contributed by atoms with Crippen LogP contribution in [0.25, 0.3) is 0 Å². The second-order valence-electron chi connectivity index (χ2n) is 4.38. The molecule has 0 saturated carbocycles. The minimum Gasteiger partial charge on any atom is -0.493 e. The van der Waals surface area contributed by atoms with Crippen LogP contribution < -0.4 is 14.8 Å². The van der Waals surface area contributed by atoms with Crippen LogP contribution in [0.5, 0.6) is 11.5 Å². The van der Waals surface area contributed by atoms with Crippen molar-refractivity contribution in [2.24, 2.45) is 0 Å². The van der Waals surface area contributed by atoms with Crippen molar-refractivity contribution in [3.63, 3.8) is 0 Å². The number of nitrogens with zero attached hydrogens (tertiary/aromatic N) is 4. The van der Waals surface area contributed by atoms with Crippen LogP contribution in [0.2, 0.25) is 0 Å². The Morgan fingerprint density at radius 1 is 1.24 bits per heavy atom. The molecule has 0 saturated heterocycles. The number of anilines is 1. The van der Waals surface area contributed by atoms with Gasteiger partial charge in [-0.2, -0.15) is 0 Å². The van der Waals surface area contributed by atoms with Crippen LogP contribution in [0.1, 0.15) is 18.9 Å². The van der Waals surface area contributed by atoms with Gasteiger partial charge in [0.25, 0.3) is 0 Å². The first-order valence-electron chi connectivity index (χ1n) is 6.60. The van der Waals surface area contributed by atoms with Crippen molar-refractivity contribution in [3.05, 3.63) is 22.2 Å². The molecular formula is C13H18BrN5O2. The first-order valence-corrected chi connectivity index (χ1v) is 7.39. The molecule has 0 bridgehead atoms. The maximum atomic E-state index is 5.31. The summed E-state index contributed by atoms with van der Waals surface area (Å²) in [6.45, 7) is 3.43. The summed E-state index contributed by atoms with van der Waals surface area (Å²) >= 11 is 3.53. The molecular weight excluding hydrogens is 338 g/mol. The molecule has 8 heteroatoms. The molecule has 0 radical (unpaired) electrons. The fourth-order valence-electron chi connectivity index (χ4n) is 1.90. The number of halogens is 1. The molecule has 0 unspecified atom stereocenters. The standard InChI is InChI=1S/C13H18BrN5O2/c1-4-5-19-13(16-17-18-19)15-8-9-6-11(20-2)12(21-3)7-10(9)14/h6-7H,4-5,8H2,1-3H3,(H,15,16,18). The van der Waals surface area contributed by atoms with E-state index in [0.717, 1.165) is 23.0 Å². The number of aromatic nitrogens is 4. The number of ether oxygens (including phenoxy) is 2. The topological polar surface area (TPSA) is 74.1 Å². The lowest BCUT2D eigenvalue weighted by Crippen LogP contribution is -2.09. The molecule has 2 aromatic rings. The highest BCUT2D eigenvalue weighted by Crippen LogP contribution is 2.33. The van der Waals surface area contributed by atoms with Crippen molar-refractivity contribution in [1.29, 1.82) is 0 Å². The highest BCUT2D eigenvalue weighted by Gasteiger charge is 2.11. The summed E-state index contributed by atoms with van der Waals surface area (Å²) in [7, 11) is 3.23. The summed E-state index contributed by atoms with van der Waals surface area (Å²) in [6, 6.07) is 3.80. The Kier molecular flexibility index (Phi) is 5.38. The van der Waals surface area contributed by atoms with Crippen molar-refractivity contribution >= 4 is 21.9 Å². The van der Waals surface area contributed by atoms with E-state index in [2.05, 4.69) is 43.7 Å². The zero-order chi connectivity index (χ0) is 15.2. The Hall–Kier alpha value is -1.83. The fraction of sp³-hybridized carbons (Fsp3) is 0.462. The molecule has 114 valence electrons. The third-order valence-electron chi connectivity index (χ3n) is 2.96. The predicted molar refractivity (Wildman–Crippen MR) is 82.7 cm³/mol. The van der Waals surface area contributed by atoms with E-state index in [1.807, 2.05) is 12.1 Å². The second kappa shape index (κ2) is 7.26. The van der Waals surface area contributed by atoms with Crippen molar-refractivity contribution in [1.82, 2.24) is 20.2 Å². The SMILES string of the molecule is CCCn1nnnc1NCc1cc(OC)c(OC)cc1Br. The third-order valence-corrected chi connectivity index (χ3v) is 3.70. The highest BCUT2D eigenvalue weighted by molar-refractivity contribution is 9.10. The van der Waals surface area contributed by atoms with Gasteiger partial charge in [-0.1, -0.05) is 28.0 Å². The van der Waals surface area contributed by atoms with E-state index in [1.54, 1.807) is 18.9 Å². The predicted octanol–water partition coefficient (Wildman–Crippen LogP) is 2.47. The van der Waals surface area contributed by atoms with E-state index in [4.69, 9.17) is 9.47 Å². The van der Waals surface area contributed by atoms with Gasteiger partial charge in [0, 0.05) is 17.6 Å². The van der Waals surface area contributed by atoms with Gasteiger partial charge in [-0.15, -0.1) is 0 Å². The molecule has 2 rings (SSSR count). The van der Waals surface area contributed by atoms with Gasteiger partial charge in [-0.3, -0.25) is 0 Å². The molecule has 1 aromatic heterocycles. The lowest BCUT2D eigenvalue weighted by Gasteiger charge is -2.12. The van der Waals surface area contributed by atoms with Crippen molar-refractivity contribution in [2.75, 3.05) is 19.5 Å². The van der Waals surface area contributed by atoms with Crippen LogP contribution in [0.4, 0.5) is 5.95 Å². The van der Waals surface area contributed by atoms with Gasteiger partial charge in [0.05, 0.1) is 14.2 Å². The van der Waals surface area contributed by atoms with Gasteiger partial charge >= 0.3 is 0 Å². The summed E-state index contributed by atoms with van der Waals surface area (Å²) in [6.07, 6.45) is 0.972. The fourth-order valence-corrected chi connectivity index (χ4v) is 2.36. The molecule has 0 spiro atoms. The number of benzene rings is 1. The largest absolute Gasteiger partial charge is 0.493 e. The first kappa shape index (κ1) is 15.6. The van der Waals surface area contributed by atoms with E-state index in [-0.39, 0.29) is 0 Å². The van der Waals surface area contributed by atoms with Crippen LogP contribution in [0.15, 0.2) is 16.6 Å². The lowest BCUT2D eigenvalue weighted by atomic mass is 10.2. The van der Waals surface area contributed by atoms with Gasteiger partial charge in [0.15, 0.2) is 11.5 Å². The number of rotatable bonds is 7. The molecule has 1 heterocycles. The molecule has 0 atom stereocenters. The van der Waals surface area contributed by atoms with E-state index < -0.39 is 0 Å². The number of hydrogen-bond donors (Lipinski definition) is 1. The number of tetrazole rings is 1. The number of aryl methyl sites for hydroxylation is 1. The van der Waals surface area contributed by atoms with E-state index in [0.29, 0.717) is 24.0 Å². The van der Waals surface area contributed by atoms with Crippen molar-refractivity contribution in [3.8, 4) is 11.5 Å². The molecule has 0 aliphatic heterocycles. The molecule has 7 nitrogen and oxygen atoms in total. The summed E-state index contributed by atoms with van der Waals surface area (Å²) in [5.41, 5.74) is 1.03. The Morgan fingerprint density at radius 3 is 2.62 bits per heavy atom. The van der Waals surface area contributed by atoms with Gasteiger partial charge in [0.1, 0.15) is 0 Å². The Balaban J connectivity index is 2.14. The molecule has 0 aliphatic rings.